The highest BCUT2D eigenvalue weighted by Gasteiger charge is 2.20. The summed E-state index contributed by atoms with van der Waals surface area (Å²) in [7, 11) is -7.14. The normalized spacial score (nSPS) is 12.4. The van der Waals surface area contributed by atoms with Crippen LogP contribution < -0.4 is 4.72 Å². The van der Waals surface area contributed by atoms with Crippen LogP contribution in [0.15, 0.2) is 51.7 Å². The predicted octanol–water partition coefficient (Wildman–Crippen LogP) is 3.84. The first-order valence-corrected chi connectivity index (χ1v) is 12.5. The van der Waals surface area contributed by atoms with Gasteiger partial charge < -0.3 is 0 Å². The van der Waals surface area contributed by atoms with E-state index in [2.05, 4.69) is 9.71 Å². The molecule has 0 amide bonds. The Morgan fingerprint density at radius 3 is 2.48 bits per heavy atom. The molecule has 0 atom stereocenters. The number of nitrogens with zero attached hydrogens (tertiary/aromatic N) is 1. The van der Waals surface area contributed by atoms with E-state index >= 15 is 0 Å². The van der Waals surface area contributed by atoms with Crippen molar-refractivity contribution < 1.29 is 16.8 Å². The van der Waals surface area contributed by atoms with Crippen LogP contribution in [-0.2, 0) is 26.3 Å². The molecule has 0 aliphatic heterocycles. The summed E-state index contributed by atoms with van der Waals surface area (Å²) in [5.74, 6) is 0.0418. The van der Waals surface area contributed by atoms with E-state index in [1.807, 2.05) is 6.92 Å². The monoisotopic (exact) mass is 424 g/mol. The number of aromatic nitrogens is 1. The van der Waals surface area contributed by atoms with Crippen LogP contribution in [0.25, 0.3) is 10.2 Å². The third kappa shape index (κ3) is 4.15. The number of anilines is 1. The molecule has 0 fully saturated rings. The number of sulfonamides is 1. The van der Waals surface area contributed by atoms with Gasteiger partial charge in [0, 0.05) is 0 Å². The smallest absolute Gasteiger partial charge is 0.262 e. The maximum Gasteiger partial charge on any atom is 0.262 e. The Bertz CT molecular complexity index is 1180. The van der Waals surface area contributed by atoms with Crippen LogP contribution in [0.4, 0.5) is 5.69 Å². The lowest BCUT2D eigenvalue weighted by atomic mass is 10.2. The highest BCUT2D eigenvalue weighted by Crippen LogP contribution is 2.30. The van der Waals surface area contributed by atoms with Crippen LogP contribution in [0.1, 0.15) is 25.8 Å². The van der Waals surface area contributed by atoms with Gasteiger partial charge in [0.05, 0.1) is 26.6 Å². The van der Waals surface area contributed by atoms with Crippen molar-refractivity contribution in [3.05, 3.63) is 48.0 Å². The predicted molar refractivity (Wildman–Crippen MR) is 109 cm³/mol. The summed E-state index contributed by atoms with van der Waals surface area (Å²) in [5, 5.41) is 0. The number of sulfone groups is 1. The van der Waals surface area contributed by atoms with E-state index in [0.717, 1.165) is 16.9 Å². The Labute approximate surface area is 163 Å². The van der Waals surface area contributed by atoms with E-state index in [-0.39, 0.29) is 15.0 Å². The van der Waals surface area contributed by atoms with Gasteiger partial charge in [-0.2, -0.15) is 0 Å². The van der Waals surface area contributed by atoms with E-state index in [1.54, 1.807) is 49.4 Å². The second-order valence-electron chi connectivity index (χ2n) is 6.05. The highest BCUT2D eigenvalue weighted by molar-refractivity contribution is 7.93. The molecule has 3 aromatic rings. The van der Waals surface area contributed by atoms with E-state index in [0.29, 0.717) is 28.7 Å². The SMILES string of the molecule is CCCS(=O)(=O)c1nc2ccc(NS(=O)(=O)c3ccccc3CC)cc2s1. The van der Waals surface area contributed by atoms with Crippen molar-refractivity contribution in [1.82, 2.24) is 4.98 Å². The van der Waals surface area contributed by atoms with Crippen LogP contribution in [0.2, 0.25) is 0 Å². The lowest BCUT2D eigenvalue weighted by Crippen LogP contribution is -2.14. The summed E-state index contributed by atoms with van der Waals surface area (Å²) in [6.45, 7) is 3.70. The van der Waals surface area contributed by atoms with Crippen molar-refractivity contribution in [2.24, 2.45) is 0 Å². The number of rotatable bonds is 7. The van der Waals surface area contributed by atoms with Crippen LogP contribution in [-0.4, -0.2) is 27.6 Å². The Kier molecular flexibility index (Phi) is 5.55. The fourth-order valence-corrected chi connectivity index (χ4v) is 6.80. The first kappa shape index (κ1) is 19.8. The van der Waals surface area contributed by atoms with Gasteiger partial charge in [0.2, 0.25) is 14.2 Å². The summed E-state index contributed by atoms with van der Waals surface area (Å²) in [6.07, 6.45) is 1.11. The second-order valence-corrected chi connectivity index (χ2v) is 11.0. The van der Waals surface area contributed by atoms with Crippen molar-refractivity contribution >= 4 is 47.1 Å². The quantitative estimate of drug-likeness (QED) is 0.622. The molecule has 1 N–H and O–H groups in total. The van der Waals surface area contributed by atoms with Crippen molar-refractivity contribution in [3.63, 3.8) is 0 Å². The summed E-state index contributed by atoms with van der Waals surface area (Å²) < 4.78 is 53.2. The Morgan fingerprint density at radius 2 is 1.78 bits per heavy atom. The van der Waals surface area contributed by atoms with Gasteiger partial charge in [-0.3, -0.25) is 4.72 Å². The first-order valence-electron chi connectivity index (χ1n) is 8.51. The van der Waals surface area contributed by atoms with Crippen molar-refractivity contribution in [3.8, 4) is 0 Å². The largest absolute Gasteiger partial charge is 0.280 e. The topological polar surface area (TPSA) is 93.2 Å². The van der Waals surface area contributed by atoms with Crippen LogP contribution in [0, 0.1) is 0 Å². The number of fused-ring (bicyclic) bond motifs is 1. The maximum absolute atomic E-state index is 12.7. The Hall–Kier alpha value is -1.97. The van der Waals surface area contributed by atoms with Crippen LogP contribution >= 0.6 is 11.3 Å². The zero-order chi connectivity index (χ0) is 19.7. The average molecular weight is 425 g/mol. The lowest BCUT2D eigenvalue weighted by Gasteiger charge is -2.11. The molecule has 144 valence electrons. The van der Waals surface area contributed by atoms with Gasteiger partial charge in [-0.05, 0) is 42.7 Å². The van der Waals surface area contributed by atoms with Crippen LogP contribution in [0.5, 0.6) is 0 Å². The molecule has 0 radical (unpaired) electrons. The zero-order valence-corrected chi connectivity index (χ0v) is 17.4. The summed E-state index contributed by atoms with van der Waals surface area (Å²) >= 11 is 1.05. The molecule has 27 heavy (non-hydrogen) atoms. The lowest BCUT2D eigenvalue weighted by molar-refractivity contribution is 0.593. The Balaban J connectivity index is 1.96. The number of hydrogen-bond donors (Lipinski definition) is 1. The van der Waals surface area contributed by atoms with Gasteiger partial charge in [0.1, 0.15) is 0 Å². The van der Waals surface area contributed by atoms with Crippen molar-refractivity contribution in [2.45, 2.75) is 35.9 Å². The molecule has 0 spiro atoms. The highest BCUT2D eigenvalue weighted by atomic mass is 32.2. The first-order chi connectivity index (χ1) is 12.8. The number of nitrogens with one attached hydrogen (secondary N) is 1. The minimum Gasteiger partial charge on any atom is -0.280 e. The van der Waals surface area contributed by atoms with Crippen LogP contribution in [0.3, 0.4) is 0 Å². The number of benzene rings is 2. The van der Waals surface area contributed by atoms with Gasteiger partial charge in [-0.15, -0.1) is 11.3 Å². The van der Waals surface area contributed by atoms with Gasteiger partial charge >= 0.3 is 0 Å². The molecule has 0 saturated heterocycles. The molecule has 1 aromatic heterocycles. The van der Waals surface area contributed by atoms with Gasteiger partial charge in [0.25, 0.3) is 10.0 Å². The summed E-state index contributed by atoms with van der Waals surface area (Å²) in [6, 6.07) is 11.7. The zero-order valence-electron chi connectivity index (χ0n) is 15.0. The third-order valence-corrected chi connectivity index (χ3v) is 8.88. The molecule has 0 unspecified atom stereocenters. The molecular formula is C18H20N2O4S3. The van der Waals surface area contributed by atoms with Crippen molar-refractivity contribution in [2.75, 3.05) is 10.5 Å². The average Bonchev–Trinajstić information content (AvgIpc) is 3.05. The second kappa shape index (κ2) is 7.57. The van der Waals surface area contributed by atoms with Gasteiger partial charge in [-0.25, -0.2) is 21.8 Å². The number of aryl methyl sites for hydroxylation is 1. The summed E-state index contributed by atoms with van der Waals surface area (Å²) in [5.41, 5.74) is 1.64. The molecule has 0 aliphatic carbocycles. The molecule has 0 bridgehead atoms. The molecule has 0 aliphatic rings. The molecule has 3 rings (SSSR count). The Morgan fingerprint density at radius 1 is 1.04 bits per heavy atom. The standard InChI is InChI=1S/C18H20N2O4S3/c1-3-11-26(21,22)18-19-15-10-9-14(12-16(15)25-18)20-27(23,24)17-8-6-5-7-13(17)4-2/h5-10,12,20H,3-4,11H2,1-2H3. The van der Waals surface area contributed by atoms with E-state index in [1.165, 1.54) is 0 Å². The van der Waals surface area contributed by atoms with E-state index < -0.39 is 19.9 Å². The molecule has 0 saturated carbocycles. The third-order valence-electron chi connectivity index (χ3n) is 4.00. The van der Waals surface area contributed by atoms with E-state index in [4.69, 9.17) is 0 Å². The fraction of sp³-hybridized carbons (Fsp3) is 0.278. The van der Waals surface area contributed by atoms with Crippen molar-refractivity contribution in [1.29, 1.82) is 0 Å². The van der Waals surface area contributed by atoms with Gasteiger partial charge in [-0.1, -0.05) is 32.0 Å². The number of hydrogen-bond acceptors (Lipinski definition) is 6. The molecule has 6 nitrogen and oxygen atoms in total. The van der Waals surface area contributed by atoms with E-state index in [9.17, 15) is 16.8 Å². The molecule has 2 aromatic carbocycles. The minimum absolute atomic E-state index is 0.0418. The number of thiazole rings is 1. The van der Waals surface area contributed by atoms with Gasteiger partial charge in [0.15, 0.2) is 0 Å². The minimum atomic E-state index is -3.74. The molecule has 1 heterocycles. The maximum atomic E-state index is 12.7. The summed E-state index contributed by atoms with van der Waals surface area (Å²) in [4.78, 5) is 4.42. The molecular weight excluding hydrogens is 404 g/mol. The fourth-order valence-electron chi connectivity index (χ4n) is 2.72. The molecule has 9 heteroatoms.